The topological polar surface area (TPSA) is 52.0 Å². The van der Waals surface area contributed by atoms with Crippen molar-refractivity contribution in [2.45, 2.75) is 12.8 Å². The Balaban J connectivity index is 2.13. The molecular weight excluding hydrogens is 276 g/mol. The Hall–Kier alpha value is -0.650. The van der Waals surface area contributed by atoms with Crippen LogP contribution in [-0.4, -0.2) is 11.5 Å². The molecule has 0 aliphatic rings. The third-order valence-electron chi connectivity index (χ3n) is 1.96. The number of hydrogen-bond donors (Lipinski definition) is 1. The minimum atomic E-state index is 0.722. The molecule has 0 saturated carbocycles. The first-order chi connectivity index (χ1) is 7.29. The maximum atomic E-state index is 5.46. The van der Waals surface area contributed by atoms with Gasteiger partial charge in [0.1, 0.15) is 0 Å². The molecule has 0 aliphatic heterocycles. The summed E-state index contributed by atoms with van der Waals surface area (Å²) in [5.74, 6) is 0.811. The molecule has 0 amide bonds. The molecule has 0 radical (unpaired) electrons. The van der Waals surface area contributed by atoms with Gasteiger partial charge in [-0.15, -0.1) is 11.3 Å². The van der Waals surface area contributed by atoms with Gasteiger partial charge in [0.15, 0.2) is 15.4 Å². The first kappa shape index (κ1) is 10.9. The summed E-state index contributed by atoms with van der Waals surface area (Å²) in [6.07, 6.45) is 3.89. The summed E-state index contributed by atoms with van der Waals surface area (Å²) in [4.78, 5) is 5.57. The number of rotatable bonds is 4. The fourth-order valence-electron chi connectivity index (χ4n) is 1.24. The smallest absolute Gasteiger partial charge is 0.170 e. The molecule has 2 heterocycles. The van der Waals surface area contributed by atoms with Crippen molar-refractivity contribution >= 4 is 27.3 Å². The van der Waals surface area contributed by atoms with Gasteiger partial charge in [0.25, 0.3) is 0 Å². The quantitative estimate of drug-likeness (QED) is 0.940. The fraction of sp³-hybridized carbons (Fsp3) is 0.300. The Morgan fingerprint density at radius 2 is 2.33 bits per heavy atom. The van der Waals surface area contributed by atoms with E-state index < -0.39 is 0 Å². The molecule has 0 unspecified atom stereocenters. The highest BCUT2D eigenvalue weighted by molar-refractivity contribution is 9.10. The number of nitrogens with two attached hydrogens (primary N) is 1. The van der Waals surface area contributed by atoms with Gasteiger partial charge in [0, 0.05) is 11.1 Å². The van der Waals surface area contributed by atoms with Crippen LogP contribution in [-0.2, 0) is 6.42 Å². The molecule has 0 aromatic carbocycles. The summed E-state index contributed by atoms with van der Waals surface area (Å²) in [6.45, 7) is 0.722. The molecule has 2 rings (SSSR count). The first-order valence-electron chi connectivity index (χ1n) is 4.70. The maximum absolute atomic E-state index is 5.46. The van der Waals surface area contributed by atoms with Crippen molar-refractivity contribution in [3.8, 4) is 10.8 Å². The standard InChI is InChI=1S/C10H11BrN2OS/c11-9-4-3-8(14-9)10-13-6-7(15-10)2-1-5-12/h3-4,6H,1-2,5,12H2. The second kappa shape index (κ2) is 4.92. The first-order valence-corrected chi connectivity index (χ1v) is 6.31. The van der Waals surface area contributed by atoms with Crippen molar-refractivity contribution in [3.05, 3.63) is 27.9 Å². The van der Waals surface area contributed by atoms with Gasteiger partial charge in [-0.1, -0.05) is 0 Å². The number of thiazole rings is 1. The highest BCUT2D eigenvalue weighted by Crippen LogP contribution is 2.29. The highest BCUT2D eigenvalue weighted by Gasteiger charge is 2.08. The van der Waals surface area contributed by atoms with Crippen LogP contribution in [0, 0.1) is 0 Å². The molecule has 0 spiro atoms. The van der Waals surface area contributed by atoms with Gasteiger partial charge in [-0.2, -0.15) is 0 Å². The van der Waals surface area contributed by atoms with E-state index in [2.05, 4.69) is 20.9 Å². The van der Waals surface area contributed by atoms with Gasteiger partial charge in [-0.3, -0.25) is 0 Å². The van der Waals surface area contributed by atoms with Gasteiger partial charge in [0.2, 0.25) is 0 Å². The Bertz CT molecular complexity index is 438. The van der Waals surface area contributed by atoms with E-state index >= 15 is 0 Å². The molecule has 0 atom stereocenters. The third kappa shape index (κ3) is 2.68. The second-order valence-corrected chi connectivity index (χ2v) is 5.02. The van der Waals surface area contributed by atoms with Crippen LogP contribution >= 0.6 is 27.3 Å². The number of aryl methyl sites for hydroxylation is 1. The van der Waals surface area contributed by atoms with E-state index in [-0.39, 0.29) is 0 Å². The van der Waals surface area contributed by atoms with Crippen LogP contribution in [0.2, 0.25) is 0 Å². The van der Waals surface area contributed by atoms with Crippen molar-refractivity contribution in [2.24, 2.45) is 5.73 Å². The molecule has 0 saturated heterocycles. The molecule has 0 fully saturated rings. The van der Waals surface area contributed by atoms with E-state index in [1.807, 2.05) is 18.3 Å². The monoisotopic (exact) mass is 286 g/mol. The van der Waals surface area contributed by atoms with Gasteiger partial charge in [-0.25, -0.2) is 4.98 Å². The van der Waals surface area contributed by atoms with E-state index in [1.165, 1.54) is 4.88 Å². The Labute approximate surface area is 100 Å². The predicted octanol–water partition coefficient (Wildman–Crippen LogP) is 3.06. The largest absolute Gasteiger partial charge is 0.447 e. The van der Waals surface area contributed by atoms with Gasteiger partial charge >= 0.3 is 0 Å². The van der Waals surface area contributed by atoms with Crippen molar-refractivity contribution in [1.82, 2.24) is 4.98 Å². The summed E-state index contributed by atoms with van der Waals surface area (Å²) < 4.78 is 6.16. The van der Waals surface area contributed by atoms with Gasteiger partial charge in [-0.05, 0) is 47.4 Å². The number of aromatic nitrogens is 1. The summed E-state index contributed by atoms with van der Waals surface area (Å²) >= 11 is 4.93. The predicted molar refractivity (Wildman–Crippen MR) is 64.9 cm³/mol. The number of nitrogens with zero attached hydrogens (tertiary/aromatic N) is 1. The van der Waals surface area contributed by atoms with Crippen LogP contribution in [0.4, 0.5) is 0 Å². The number of halogens is 1. The summed E-state index contributed by atoms with van der Waals surface area (Å²) in [7, 11) is 0. The molecule has 3 nitrogen and oxygen atoms in total. The van der Waals surface area contributed by atoms with Gasteiger partial charge in [0.05, 0.1) is 0 Å². The van der Waals surface area contributed by atoms with Crippen LogP contribution in [0.15, 0.2) is 27.4 Å². The average molecular weight is 287 g/mol. The van der Waals surface area contributed by atoms with E-state index in [0.29, 0.717) is 0 Å². The fourth-order valence-corrected chi connectivity index (χ4v) is 2.46. The summed E-state index contributed by atoms with van der Waals surface area (Å²) in [6, 6.07) is 3.78. The SMILES string of the molecule is NCCCc1cnc(-c2ccc(Br)o2)s1. The Morgan fingerprint density at radius 1 is 1.47 bits per heavy atom. The van der Waals surface area contributed by atoms with Crippen LogP contribution in [0.1, 0.15) is 11.3 Å². The number of furan rings is 1. The van der Waals surface area contributed by atoms with Crippen LogP contribution in [0.25, 0.3) is 10.8 Å². The van der Waals surface area contributed by atoms with Crippen LogP contribution in [0.5, 0.6) is 0 Å². The van der Waals surface area contributed by atoms with Crippen molar-refractivity contribution in [3.63, 3.8) is 0 Å². The minimum absolute atomic E-state index is 0.722. The lowest BCUT2D eigenvalue weighted by molar-refractivity contribution is 0.555. The molecule has 0 bridgehead atoms. The second-order valence-electron chi connectivity index (χ2n) is 3.13. The lowest BCUT2D eigenvalue weighted by Crippen LogP contribution is -1.99. The molecule has 5 heteroatoms. The normalized spacial score (nSPS) is 10.8. The third-order valence-corrected chi connectivity index (χ3v) is 3.46. The molecule has 2 N–H and O–H groups in total. The van der Waals surface area contributed by atoms with E-state index in [0.717, 1.165) is 34.8 Å². The van der Waals surface area contributed by atoms with Crippen molar-refractivity contribution < 1.29 is 4.42 Å². The van der Waals surface area contributed by atoms with E-state index in [9.17, 15) is 0 Å². The molecule has 2 aromatic heterocycles. The van der Waals surface area contributed by atoms with Crippen molar-refractivity contribution in [1.29, 1.82) is 0 Å². The van der Waals surface area contributed by atoms with E-state index in [4.69, 9.17) is 10.2 Å². The minimum Gasteiger partial charge on any atom is -0.447 e. The summed E-state index contributed by atoms with van der Waals surface area (Å²) in [5, 5.41) is 0.924. The average Bonchev–Trinajstić information content (AvgIpc) is 2.83. The number of hydrogen-bond acceptors (Lipinski definition) is 4. The zero-order valence-corrected chi connectivity index (χ0v) is 10.5. The Kier molecular flexibility index (Phi) is 3.56. The molecule has 80 valence electrons. The molecule has 0 aliphatic carbocycles. The lowest BCUT2D eigenvalue weighted by atomic mass is 10.3. The summed E-state index contributed by atoms with van der Waals surface area (Å²) in [5.41, 5.74) is 5.46. The van der Waals surface area contributed by atoms with Gasteiger partial charge < -0.3 is 10.2 Å². The van der Waals surface area contributed by atoms with Crippen LogP contribution < -0.4 is 5.73 Å². The van der Waals surface area contributed by atoms with Crippen molar-refractivity contribution in [2.75, 3.05) is 6.54 Å². The lowest BCUT2D eigenvalue weighted by Gasteiger charge is -1.91. The molecule has 2 aromatic rings. The maximum Gasteiger partial charge on any atom is 0.170 e. The zero-order valence-electron chi connectivity index (χ0n) is 8.07. The highest BCUT2D eigenvalue weighted by atomic mass is 79.9. The molecule has 15 heavy (non-hydrogen) atoms. The van der Waals surface area contributed by atoms with E-state index in [1.54, 1.807) is 11.3 Å². The Morgan fingerprint density at radius 3 is 3.00 bits per heavy atom. The molecular formula is C10H11BrN2OS. The van der Waals surface area contributed by atoms with Crippen LogP contribution in [0.3, 0.4) is 0 Å². The zero-order chi connectivity index (χ0) is 10.7.